The summed E-state index contributed by atoms with van der Waals surface area (Å²) in [5.41, 5.74) is 3.37. The molecule has 0 fully saturated rings. The Labute approximate surface area is 131 Å². The number of benzene rings is 2. The quantitative estimate of drug-likeness (QED) is 0.575. The summed E-state index contributed by atoms with van der Waals surface area (Å²) in [5.74, 6) is 0.144. The van der Waals surface area contributed by atoms with E-state index in [1.807, 2.05) is 69.2 Å². The predicted molar refractivity (Wildman–Crippen MR) is 90.6 cm³/mol. The van der Waals surface area contributed by atoms with Gasteiger partial charge in [0.05, 0.1) is 11.4 Å². The van der Waals surface area contributed by atoms with Gasteiger partial charge in [-0.05, 0) is 48.5 Å². The summed E-state index contributed by atoms with van der Waals surface area (Å²) < 4.78 is 0. The number of nitrogens with zero attached hydrogens (tertiary/aromatic N) is 3. The number of hydrogen-bond donors (Lipinski definition) is 0. The van der Waals surface area contributed by atoms with Gasteiger partial charge in [-0.3, -0.25) is 4.79 Å². The Hall–Kier alpha value is -2.49. The molecule has 0 heterocycles. The van der Waals surface area contributed by atoms with Crippen molar-refractivity contribution >= 4 is 22.8 Å². The summed E-state index contributed by atoms with van der Waals surface area (Å²) in [6, 6.07) is 15.1. The number of Topliss-reactive ketones (excluding diaryl/α,β-unsaturated/α-hetero) is 1. The van der Waals surface area contributed by atoms with Crippen LogP contribution in [0.5, 0.6) is 0 Å². The summed E-state index contributed by atoms with van der Waals surface area (Å²) in [4.78, 5) is 13.9. The van der Waals surface area contributed by atoms with Gasteiger partial charge >= 0.3 is 0 Å². The lowest BCUT2D eigenvalue weighted by Gasteiger charge is -2.11. The molecule has 0 spiro atoms. The molecule has 0 atom stereocenters. The van der Waals surface area contributed by atoms with E-state index in [0.29, 0.717) is 5.56 Å². The molecule has 22 heavy (non-hydrogen) atoms. The molecule has 0 saturated heterocycles. The van der Waals surface area contributed by atoms with Crippen molar-refractivity contribution in [2.75, 3.05) is 19.0 Å². The second-order valence-corrected chi connectivity index (χ2v) is 5.68. The first kappa shape index (κ1) is 15.9. The highest BCUT2D eigenvalue weighted by molar-refractivity contribution is 5.97. The molecule has 2 rings (SSSR count). The first-order valence-corrected chi connectivity index (χ1v) is 7.31. The number of carbonyl (C=O) groups is 1. The van der Waals surface area contributed by atoms with E-state index in [0.717, 1.165) is 17.1 Å². The Kier molecular flexibility index (Phi) is 5.04. The summed E-state index contributed by atoms with van der Waals surface area (Å²) >= 11 is 0. The zero-order valence-corrected chi connectivity index (χ0v) is 13.4. The van der Waals surface area contributed by atoms with Gasteiger partial charge < -0.3 is 4.90 Å². The Morgan fingerprint density at radius 1 is 0.864 bits per heavy atom. The molecule has 0 amide bonds. The molecule has 4 nitrogen and oxygen atoms in total. The third-order valence-electron chi connectivity index (χ3n) is 3.32. The van der Waals surface area contributed by atoms with Crippen LogP contribution in [-0.4, -0.2) is 19.9 Å². The Morgan fingerprint density at radius 2 is 1.32 bits per heavy atom. The van der Waals surface area contributed by atoms with Crippen molar-refractivity contribution in [1.29, 1.82) is 0 Å². The molecule has 0 aliphatic carbocycles. The number of carbonyl (C=O) groups excluding carboxylic acids is 1. The SMILES string of the molecule is CC(C)C(=O)c1ccc(N=Nc2ccc(N(C)C)cc2)cc1. The molecular formula is C18H21N3O. The van der Waals surface area contributed by atoms with Crippen molar-refractivity contribution in [3.63, 3.8) is 0 Å². The lowest BCUT2D eigenvalue weighted by molar-refractivity contribution is 0.0939. The van der Waals surface area contributed by atoms with Crippen LogP contribution in [0.3, 0.4) is 0 Å². The zero-order chi connectivity index (χ0) is 16.1. The van der Waals surface area contributed by atoms with Crippen LogP contribution in [0.15, 0.2) is 58.8 Å². The third kappa shape index (κ3) is 4.01. The molecule has 0 radical (unpaired) electrons. The van der Waals surface area contributed by atoms with Crippen molar-refractivity contribution in [2.45, 2.75) is 13.8 Å². The molecule has 2 aromatic carbocycles. The van der Waals surface area contributed by atoms with E-state index < -0.39 is 0 Å². The number of rotatable bonds is 5. The molecule has 0 unspecified atom stereocenters. The van der Waals surface area contributed by atoms with E-state index in [-0.39, 0.29) is 11.7 Å². The average molecular weight is 295 g/mol. The second kappa shape index (κ2) is 6.98. The van der Waals surface area contributed by atoms with E-state index in [1.165, 1.54) is 0 Å². The Morgan fingerprint density at radius 3 is 1.73 bits per heavy atom. The van der Waals surface area contributed by atoms with Crippen LogP contribution in [0.2, 0.25) is 0 Å². The van der Waals surface area contributed by atoms with Crippen molar-refractivity contribution in [3.8, 4) is 0 Å². The predicted octanol–water partition coefficient (Wildman–Crippen LogP) is 5.01. The summed E-state index contributed by atoms with van der Waals surface area (Å²) in [5, 5.41) is 8.40. The van der Waals surface area contributed by atoms with Crippen LogP contribution in [0.4, 0.5) is 17.1 Å². The average Bonchev–Trinajstić information content (AvgIpc) is 2.53. The molecule has 0 bridgehead atoms. The van der Waals surface area contributed by atoms with E-state index >= 15 is 0 Å². The van der Waals surface area contributed by atoms with Crippen LogP contribution < -0.4 is 4.90 Å². The van der Waals surface area contributed by atoms with Crippen molar-refractivity contribution < 1.29 is 4.79 Å². The number of azo groups is 1. The van der Waals surface area contributed by atoms with Gasteiger partial charge in [-0.25, -0.2) is 0 Å². The van der Waals surface area contributed by atoms with Crippen molar-refractivity contribution in [2.24, 2.45) is 16.1 Å². The van der Waals surface area contributed by atoms with Crippen LogP contribution >= 0.6 is 0 Å². The van der Waals surface area contributed by atoms with E-state index in [4.69, 9.17) is 0 Å². The van der Waals surface area contributed by atoms with Crippen LogP contribution in [-0.2, 0) is 0 Å². The molecular weight excluding hydrogens is 274 g/mol. The topological polar surface area (TPSA) is 45.0 Å². The monoisotopic (exact) mass is 295 g/mol. The zero-order valence-electron chi connectivity index (χ0n) is 13.4. The maximum absolute atomic E-state index is 11.9. The minimum atomic E-state index is 0.00249. The van der Waals surface area contributed by atoms with Crippen LogP contribution in [0, 0.1) is 5.92 Å². The van der Waals surface area contributed by atoms with E-state index in [9.17, 15) is 4.79 Å². The first-order chi connectivity index (χ1) is 10.5. The van der Waals surface area contributed by atoms with Gasteiger partial charge in [0.2, 0.25) is 0 Å². The fourth-order valence-corrected chi connectivity index (χ4v) is 1.96. The smallest absolute Gasteiger partial charge is 0.165 e. The van der Waals surface area contributed by atoms with Crippen LogP contribution in [0.25, 0.3) is 0 Å². The molecule has 0 aliphatic rings. The fourth-order valence-electron chi connectivity index (χ4n) is 1.96. The highest BCUT2D eigenvalue weighted by Gasteiger charge is 2.09. The highest BCUT2D eigenvalue weighted by atomic mass is 16.1. The van der Waals surface area contributed by atoms with Gasteiger partial charge in [0.1, 0.15) is 0 Å². The van der Waals surface area contributed by atoms with Gasteiger partial charge in [0, 0.05) is 31.3 Å². The van der Waals surface area contributed by atoms with Gasteiger partial charge in [-0.15, -0.1) is 0 Å². The van der Waals surface area contributed by atoms with Gasteiger partial charge in [-0.2, -0.15) is 10.2 Å². The van der Waals surface area contributed by atoms with E-state index in [1.54, 1.807) is 12.1 Å². The minimum absolute atomic E-state index is 0.00249. The van der Waals surface area contributed by atoms with Gasteiger partial charge in [-0.1, -0.05) is 13.8 Å². The first-order valence-electron chi connectivity index (χ1n) is 7.31. The normalized spacial score (nSPS) is 11.1. The largest absolute Gasteiger partial charge is 0.378 e. The Bertz CT molecular complexity index is 656. The fraction of sp³-hybridized carbons (Fsp3) is 0.278. The summed E-state index contributed by atoms with van der Waals surface area (Å²) in [6.45, 7) is 3.79. The van der Waals surface area contributed by atoms with Crippen molar-refractivity contribution in [3.05, 3.63) is 54.1 Å². The lowest BCUT2D eigenvalue weighted by Crippen LogP contribution is -2.07. The third-order valence-corrected chi connectivity index (χ3v) is 3.32. The summed E-state index contributed by atoms with van der Waals surface area (Å²) in [6.07, 6.45) is 0. The number of hydrogen-bond acceptors (Lipinski definition) is 4. The second-order valence-electron chi connectivity index (χ2n) is 5.68. The molecule has 114 valence electrons. The molecule has 2 aromatic rings. The lowest BCUT2D eigenvalue weighted by atomic mass is 10.0. The number of anilines is 1. The van der Waals surface area contributed by atoms with E-state index in [2.05, 4.69) is 10.2 Å². The molecule has 0 N–H and O–H groups in total. The minimum Gasteiger partial charge on any atom is -0.378 e. The molecule has 0 aromatic heterocycles. The molecule has 4 heteroatoms. The van der Waals surface area contributed by atoms with Crippen LogP contribution in [0.1, 0.15) is 24.2 Å². The van der Waals surface area contributed by atoms with Gasteiger partial charge in [0.15, 0.2) is 5.78 Å². The maximum Gasteiger partial charge on any atom is 0.165 e. The van der Waals surface area contributed by atoms with Gasteiger partial charge in [0.25, 0.3) is 0 Å². The molecule has 0 saturated carbocycles. The van der Waals surface area contributed by atoms with Crippen molar-refractivity contribution in [1.82, 2.24) is 0 Å². The highest BCUT2D eigenvalue weighted by Crippen LogP contribution is 2.22. The molecule has 0 aliphatic heterocycles. The Balaban J connectivity index is 2.08. The maximum atomic E-state index is 11.9. The standard InChI is InChI=1S/C18H21N3O/c1-13(2)18(22)14-5-7-15(8-6-14)19-20-16-9-11-17(12-10-16)21(3)4/h5-13H,1-4H3. The number of ketones is 1. The summed E-state index contributed by atoms with van der Waals surface area (Å²) in [7, 11) is 3.99.